The van der Waals surface area contributed by atoms with Crippen molar-refractivity contribution in [1.82, 2.24) is 4.90 Å². The minimum Gasteiger partial charge on any atom is -0.330 e. The summed E-state index contributed by atoms with van der Waals surface area (Å²) < 4.78 is 0. The van der Waals surface area contributed by atoms with Crippen molar-refractivity contribution in [3.05, 3.63) is 0 Å². The summed E-state index contributed by atoms with van der Waals surface area (Å²) >= 11 is 0. The lowest BCUT2D eigenvalue weighted by Gasteiger charge is -2.42. The molecule has 1 aliphatic heterocycles. The third-order valence-corrected chi connectivity index (χ3v) is 5.99. The van der Waals surface area contributed by atoms with Gasteiger partial charge in [0, 0.05) is 6.04 Å². The highest BCUT2D eigenvalue weighted by molar-refractivity contribution is 4.88. The molecule has 2 N–H and O–H groups in total. The Morgan fingerprint density at radius 2 is 1.85 bits per heavy atom. The molecule has 2 rings (SSSR count). The Balaban J connectivity index is 1.93. The molecule has 2 nitrogen and oxygen atoms in total. The number of likely N-dealkylation sites (tertiary alicyclic amines) is 1. The highest BCUT2D eigenvalue weighted by Gasteiger charge is 2.33. The lowest BCUT2D eigenvalue weighted by atomic mass is 9.76. The summed E-state index contributed by atoms with van der Waals surface area (Å²) in [5, 5.41) is 0. The summed E-state index contributed by atoms with van der Waals surface area (Å²) in [5.74, 6) is 2.71. The van der Waals surface area contributed by atoms with E-state index in [9.17, 15) is 0 Å². The second kappa shape index (κ2) is 8.38. The smallest absolute Gasteiger partial charge is 0.0138 e. The van der Waals surface area contributed by atoms with Gasteiger partial charge in [-0.2, -0.15) is 0 Å². The van der Waals surface area contributed by atoms with Crippen molar-refractivity contribution in [3.63, 3.8) is 0 Å². The number of rotatable bonds is 5. The SMILES string of the molecule is CCCC1CCCN(C2CC(CC)CCC2CN)CC1. The quantitative estimate of drug-likeness (QED) is 0.823. The second-order valence-electron chi connectivity index (χ2n) is 7.27. The first-order valence-electron chi connectivity index (χ1n) is 9.22. The number of nitrogens with two attached hydrogens (primary N) is 1. The van der Waals surface area contributed by atoms with Crippen molar-refractivity contribution in [3.8, 4) is 0 Å². The summed E-state index contributed by atoms with van der Waals surface area (Å²) in [4.78, 5) is 2.83. The molecule has 0 aromatic heterocycles. The van der Waals surface area contributed by atoms with Crippen LogP contribution in [0, 0.1) is 17.8 Å². The van der Waals surface area contributed by atoms with Crippen LogP contribution in [-0.4, -0.2) is 30.6 Å². The van der Waals surface area contributed by atoms with Gasteiger partial charge in [-0.1, -0.05) is 39.5 Å². The molecule has 2 aliphatic rings. The molecule has 1 aliphatic carbocycles. The van der Waals surface area contributed by atoms with Crippen LogP contribution in [-0.2, 0) is 0 Å². The van der Waals surface area contributed by atoms with Gasteiger partial charge >= 0.3 is 0 Å². The summed E-state index contributed by atoms with van der Waals surface area (Å²) in [5.41, 5.74) is 6.07. The number of hydrogen-bond acceptors (Lipinski definition) is 2. The molecule has 2 fully saturated rings. The Bertz CT molecular complexity index is 266. The predicted molar refractivity (Wildman–Crippen MR) is 87.8 cm³/mol. The van der Waals surface area contributed by atoms with Gasteiger partial charge in [0.15, 0.2) is 0 Å². The summed E-state index contributed by atoms with van der Waals surface area (Å²) in [6.07, 6.45) is 12.7. The first kappa shape index (κ1) is 16.3. The van der Waals surface area contributed by atoms with Crippen LogP contribution in [0.1, 0.15) is 71.6 Å². The predicted octanol–water partition coefficient (Wildman–Crippen LogP) is 4.04. The van der Waals surface area contributed by atoms with Crippen LogP contribution in [0.3, 0.4) is 0 Å². The number of hydrogen-bond donors (Lipinski definition) is 1. The summed E-state index contributed by atoms with van der Waals surface area (Å²) in [7, 11) is 0. The zero-order valence-electron chi connectivity index (χ0n) is 13.8. The van der Waals surface area contributed by atoms with E-state index in [0.717, 1.165) is 30.3 Å². The van der Waals surface area contributed by atoms with Gasteiger partial charge in [0.05, 0.1) is 0 Å². The van der Waals surface area contributed by atoms with Crippen LogP contribution < -0.4 is 5.73 Å². The Labute approximate surface area is 126 Å². The van der Waals surface area contributed by atoms with Gasteiger partial charge in [0.25, 0.3) is 0 Å². The first-order chi connectivity index (χ1) is 9.78. The third-order valence-electron chi connectivity index (χ3n) is 5.99. The molecular weight excluding hydrogens is 244 g/mol. The average molecular weight is 280 g/mol. The third kappa shape index (κ3) is 4.21. The Morgan fingerprint density at radius 1 is 1.00 bits per heavy atom. The molecule has 0 amide bonds. The normalized spacial score (nSPS) is 36.8. The topological polar surface area (TPSA) is 29.3 Å². The molecule has 4 atom stereocenters. The monoisotopic (exact) mass is 280 g/mol. The fraction of sp³-hybridized carbons (Fsp3) is 1.00. The summed E-state index contributed by atoms with van der Waals surface area (Å²) in [6, 6.07) is 0.791. The van der Waals surface area contributed by atoms with Crippen molar-refractivity contribution in [2.75, 3.05) is 19.6 Å². The van der Waals surface area contributed by atoms with Crippen LogP contribution >= 0.6 is 0 Å². The average Bonchev–Trinajstić information content (AvgIpc) is 2.72. The Hall–Kier alpha value is -0.0800. The van der Waals surface area contributed by atoms with Crippen molar-refractivity contribution in [2.24, 2.45) is 23.5 Å². The molecule has 0 radical (unpaired) electrons. The van der Waals surface area contributed by atoms with E-state index >= 15 is 0 Å². The van der Waals surface area contributed by atoms with Gasteiger partial charge in [0.2, 0.25) is 0 Å². The van der Waals surface area contributed by atoms with Gasteiger partial charge < -0.3 is 10.6 Å². The maximum Gasteiger partial charge on any atom is 0.0138 e. The van der Waals surface area contributed by atoms with E-state index in [2.05, 4.69) is 18.7 Å². The molecule has 1 saturated carbocycles. The van der Waals surface area contributed by atoms with Crippen molar-refractivity contribution in [2.45, 2.75) is 77.7 Å². The second-order valence-corrected chi connectivity index (χ2v) is 7.27. The zero-order chi connectivity index (χ0) is 14.4. The van der Waals surface area contributed by atoms with E-state index < -0.39 is 0 Å². The van der Waals surface area contributed by atoms with Gasteiger partial charge in [-0.25, -0.2) is 0 Å². The molecule has 118 valence electrons. The lowest BCUT2D eigenvalue weighted by Crippen LogP contribution is -2.47. The van der Waals surface area contributed by atoms with E-state index in [-0.39, 0.29) is 0 Å². The van der Waals surface area contributed by atoms with Gasteiger partial charge in [-0.15, -0.1) is 0 Å². The van der Waals surface area contributed by atoms with Gasteiger partial charge in [-0.05, 0) is 69.5 Å². The Morgan fingerprint density at radius 3 is 2.55 bits per heavy atom. The Kier molecular flexibility index (Phi) is 6.83. The molecule has 4 unspecified atom stereocenters. The highest BCUT2D eigenvalue weighted by atomic mass is 15.2. The van der Waals surface area contributed by atoms with Crippen LogP contribution in [0.4, 0.5) is 0 Å². The zero-order valence-corrected chi connectivity index (χ0v) is 13.8. The summed E-state index contributed by atoms with van der Waals surface area (Å²) in [6.45, 7) is 8.26. The van der Waals surface area contributed by atoms with Crippen molar-refractivity contribution < 1.29 is 0 Å². The number of nitrogens with zero attached hydrogens (tertiary/aromatic N) is 1. The van der Waals surface area contributed by atoms with Crippen LogP contribution in [0.5, 0.6) is 0 Å². The van der Waals surface area contributed by atoms with Gasteiger partial charge in [-0.3, -0.25) is 0 Å². The first-order valence-corrected chi connectivity index (χ1v) is 9.22. The fourth-order valence-electron chi connectivity index (χ4n) is 4.60. The molecule has 0 spiro atoms. The minimum atomic E-state index is 0.764. The lowest BCUT2D eigenvalue weighted by molar-refractivity contribution is 0.0822. The van der Waals surface area contributed by atoms with Crippen LogP contribution in [0.25, 0.3) is 0 Å². The van der Waals surface area contributed by atoms with E-state index in [1.165, 1.54) is 70.9 Å². The van der Waals surface area contributed by atoms with E-state index in [1.54, 1.807) is 0 Å². The highest BCUT2D eigenvalue weighted by Crippen LogP contribution is 2.35. The van der Waals surface area contributed by atoms with E-state index in [0.29, 0.717) is 0 Å². The standard InChI is InChI=1S/C18H36N2/c1-3-6-16-7-5-11-20(12-10-16)18-13-15(4-2)8-9-17(18)14-19/h15-18H,3-14,19H2,1-2H3. The molecule has 0 bridgehead atoms. The molecule has 0 aromatic rings. The fourth-order valence-corrected chi connectivity index (χ4v) is 4.60. The van der Waals surface area contributed by atoms with E-state index in [1.807, 2.05) is 0 Å². The molecule has 2 heteroatoms. The van der Waals surface area contributed by atoms with Crippen molar-refractivity contribution >= 4 is 0 Å². The maximum atomic E-state index is 6.07. The van der Waals surface area contributed by atoms with Gasteiger partial charge in [0.1, 0.15) is 0 Å². The maximum absolute atomic E-state index is 6.07. The molecule has 1 saturated heterocycles. The largest absolute Gasteiger partial charge is 0.330 e. The molecule has 20 heavy (non-hydrogen) atoms. The van der Waals surface area contributed by atoms with Crippen molar-refractivity contribution in [1.29, 1.82) is 0 Å². The minimum absolute atomic E-state index is 0.764. The molecule has 1 heterocycles. The molecule has 0 aromatic carbocycles. The van der Waals surface area contributed by atoms with E-state index in [4.69, 9.17) is 5.73 Å². The molecular formula is C18H36N2. The van der Waals surface area contributed by atoms with Crippen LogP contribution in [0.2, 0.25) is 0 Å². The van der Waals surface area contributed by atoms with Crippen LogP contribution in [0.15, 0.2) is 0 Å².